The van der Waals surface area contributed by atoms with Crippen molar-refractivity contribution in [3.05, 3.63) is 176 Å². The Morgan fingerprint density at radius 2 is 0.839 bits per heavy atom. The summed E-state index contributed by atoms with van der Waals surface area (Å²) in [7, 11) is 0. The molecule has 5 nitrogen and oxygen atoms in total. The van der Waals surface area contributed by atoms with Crippen LogP contribution in [0.1, 0.15) is 0 Å². The summed E-state index contributed by atoms with van der Waals surface area (Å²) in [6, 6.07) is 60.9. The highest BCUT2D eigenvalue weighted by Gasteiger charge is 2.22. The zero-order valence-corrected chi connectivity index (χ0v) is 29.9. The van der Waals surface area contributed by atoms with Gasteiger partial charge in [-0.1, -0.05) is 146 Å². The zero-order chi connectivity index (χ0) is 36.7. The van der Waals surface area contributed by atoms with Crippen LogP contribution in [0.2, 0.25) is 0 Å². The van der Waals surface area contributed by atoms with E-state index in [1.165, 1.54) is 0 Å². The molecule has 0 spiro atoms. The molecule has 12 aromatic rings. The minimum Gasteiger partial charge on any atom is -0.455 e. The second-order valence-electron chi connectivity index (χ2n) is 14.3. The van der Waals surface area contributed by atoms with Crippen molar-refractivity contribution in [1.29, 1.82) is 0 Å². The molecule has 0 radical (unpaired) electrons. The summed E-state index contributed by atoms with van der Waals surface area (Å²) in [4.78, 5) is 15.5. The van der Waals surface area contributed by atoms with Gasteiger partial charge < -0.3 is 8.83 Å². The van der Waals surface area contributed by atoms with Gasteiger partial charge in [0.15, 0.2) is 17.5 Å². The first-order valence-corrected chi connectivity index (χ1v) is 18.8. The van der Waals surface area contributed by atoms with Gasteiger partial charge >= 0.3 is 0 Å². The van der Waals surface area contributed by atoms with Crippen LogP contribution in [-0.4, -0.2) is 15.0 Å². The van der Waals surface area contributed by atoms with E-state index in [0.29, 0.717) is 17.5 Å². The average Bonchev–Trinajstić information content (AvgIpc) is 3.85. The summed E-state index contributed by atoms with van der Waals surface area (Å²) < 4.78 is 13.4. The number of fused-ring (bicyclic) bond motifs is 10. The van der Waals surface area contributed by atoms with E-state index < -0.39 is 0 Å². The second-order valence-corrected chi connectivity index (χ2v) is 14.3. The molecule has 0 bridgehead atoms. The Balaban J connectivity index is 1.11. The topological polar surface area (TPSA) is 65.0 Å². The second kappa shape index (κ2) is 11.9. The van der Waals surface area contributed by atoms with Gasteiger partial charge in [0.1, 0.15) is 22.3 Å². The predicted molar refractivity (Wildman–Crippen MR) is 229 cm³/mol. The number of nitrogens with zero attached hydrogens (tertiary/aromatic N) is 3. The molecule has 3 heterocycles. The smallest absolute Gasteiger partial charge is 0.164 e. The van der Waals surface area contributed by atoms with Crippen molar-refractivity contribution in [3.63, 3.8) is 0 Å². The van der Waals surface area contributed by atoms with E-state index in [2.05, 4.69) is 152 Å². The van der Waals surface area contributed by atoms with Gasteiger partial charge in [-0.05, 0) is 62.8 Å². The monoisotopic (exact) mass is 715 g/mol. The highest BCUT2D eigenvalue weighted by atomic mass is 16.3. The first-order valence-electron chi connectivity index (χ1n) is 18.8. The van der Waals surface area contributed by atoms with Crippen LogP contribution in [0.5, 0.6) is 0 Å². The van der Waals surface area contributed by atoms with Gasteiger partial charge in [0.25, 0.3) is 0 Å². The van der Waals surface area contributed by atoms with Gasteiger partial charge in [-0.25, -0.2) is 15.0 Å². The van der Waals surface area contributed by atoms with Crippen LogP contribution in [0.25, 0.3) is 121 Å². The first kappa shape index (κ1) is 30.8. The largest absolute Gasteiger partial charge is 0.455 e. The maximum atomic E-state index is 6.87. The highest BCUT2D eigenvalue weighted by molar-refractivity contribution is 6.24. The zero-order valence-electron chi connectivity index (χ0n) is 29.9. The molecule has 0 aliphatic carbocycles. The molecule has 0 saturated heterocycles. The molecule has 0 atom stereocenters. The Hall–Kier alpha value is -7.63. The molecule has 12 rings (SSSR count). The number of furan rings is 2. The first-order chi connectivity index (χ1) is 27.7. The van der Waals surface area contributed by atoms with Crippen LogP contribution >= 0.6 is 0 Å². The lowest BCUT2D eigenvalue weighted by atomic mass is 9.94. The lowest BCUT2D eigenvalue weighted by Crippen LogP contribution is -2.00. The molecule has 5 heteroatoms. The number of rotatable bonds is 4. The van der Waals surface area contributed by atoms with Gasteiger partial charge in [-0.2, -0.15) is 0 Å². The molecule has 0 amide bonds. The van der Waals surface area contributed by atoms with Crippen LogP contribution in [0.3, 0.4) is 0 Å². The Kier molecular flexibility index (Phi) is 6.56. The highest BCUT2D eigenvalue weighted by Crippen LogP contribution is 2.46. The van der Waals surface area contributed by atoms with Crippen LogP contribution < -0.4 is 0 Å². The van der Waals surface area contributed by atoms with Crippen molar-refractivity contribution in [1.82, 2.24) is 15.0 Å². The Bertz CT molecular complexity index is 3460. The molecule has 3 aromatic heterocycles. The van der Waals surface area contributed by atoms with E-state index in [1.807, 2.05) is 24.3 Å². The molecule has 0 aliphatic heterocycles. The molecule has 0 fully saturated rings. The summed E-state index contributed by atoms with van der Waals surface area (Å²) in [5.74, 6) is 1.80. The maximum absolute atomic E-state index is 6.87. The maximum Gasteiger partial charge on any atom is 0.164 e. The summed E-state index contributed by atoms with van der Waals surface area (Å²) >= 11 is 0. The molecular formula is C51H29N3O2. The van der Waals surface area contributed by atoms with Gasteiger partial charge in [-0.3, -0.25) is 0 Å². The number of para-hydroxylation sites is 2. The van der Waals surface area contributed by atoms with Gasteiger partial charge in [-0.15, -0.1) is 0 Å². The summed E-state index contributed by atoms with van der Waals surface area (Å²) in [6.07, 6.45) is 0. The fraction of sp³-hybridized carbons (Fsp3) is 0. The minimum atomic E-state index is 0.582. The number of aromatic nitrogens is 3. The third-order valence-electron chi connectivity index (χ3n) is 11.1. The quantitative estimate of drug-likeness (QED) is 0.181. The summed E-state index contributed by atoms with van der Waals surface area (Å²) in [6.45, 7) is 0. The Morgan fingerprint density at radius 3 is 1.57 bits per heavy atom. The normalized spacial score (nSPS) is 11.9. The lowest BCUT2D eigenvalue weighted by Gasteiger charge is -2.10. The molecule has 0 saturated carbocycles. The minimum absolute atomic E-state index is 0.582. The molecule has 9 aromatic carbocycles. The van der Waals surface area contributed by atoms with Crippen LogP contribution in [0.4, 0.5) is 0 Å². The fourth-order valence-electron chi connectivity index (χ4n) is 8.43. The lowest BCUT2D eigenvalue weighted by molar-refractivity contribution is 0.670. The fourth-order valence-corrected chi connectivity index (χ4v) is 8.43. The van der Waals surface area contributed by atoms with Crippen LogP contribution in [0.15, 0.2) is 185 Å². The predicted octanol–water partition coefficient (Wildman–Crippen LogP) is 13.8. The molecule has 260 valence electrons. The van der Waals surface area contributed by atoms with Gasteiger partial charge in [0, 0.05) is 49.2 Å². The standard InChI is InChI=1S/C51H29N3O2/c1-3-13-32-27-35(25-23-30(32)11-1)49-52-50(36-26-24-31-12-2-4-14-33(31)28-36)54-51(53-49)41-20-10-22-44-45(41)40-19-9-18-38(47(40)56-44)42-29-34-15-5-6-16-37(34)48-46(42)39-17-7-8-21-43(39)55-48/h1-29H. The third kappa shape index (κ3) is 4.71. The number of benzene rings is 9. The molecule has 56 heavy (non-hydrogen) atoms. The van der Waals surface area contributed by atoms with Crippen molar-refractivity contribution < 1.29 is 8.83 Å². The average molecular weight is 716 g/mol. The third-order valence-corrected chi connectivity index (χ3v) is 11.1. The number of hydrogen-bond donors (Lipinski definition) is 0. The van der Waals surface area contributed by atoms with Crippen molar-refractivity contribution in [3.8, 4) is 45.3 Å². The summed E-state index contributed by atoms with van der Waals surface area (Å²) in [5.41, 5.74) is 8.08. The van der Waals surface area contributed by atoms with Gasteiger partial charge in [0.2, 0.25) is 0 Å². The molecule has 0 unspecified atom stereocenters. The molecular weight excluding hydrogens is 687 g/mol. The SMILES string of the molecule is c1ccc2cc(-c3nc(-c4ccc5ccccc5c4)nc(-c4cccc5oc6c(-c7cc8ccccc8c8oc9ccccc9c78)cccc6c45)n3)ccc2c1. The summed E-state index contributed by atoms with van der Waals surface area (Å²) in [5, 5.41) is 10.9. The van der Waals surface area contributed by atoms with Crippen molar-refractivity contribution >= 4 is 76.2 Å². The van der Waals surface area contributed by atoms with Crippen molar-refractivity contribution in [2.24, 2.45) is 0 Å². The molecule has 0 N–H and O–H groups in total. The van der Waals surface area contributed by atoms with Gasteiger partial charge in [0.05, 0.1) is 0 Å². The van der Waals surface area contributed by atoms with E-state index >= 15 is 0 Å². The van der Waals surface area contributed by atoms with Crippen molar-refractivity contribution in [2.75, 3.05) is 0 Å². The van der Waals surface area contributed by atoms with E-state index in [0.717, 1.165) is 104 Å². The van der Waals surface area contributed by atoms with Crippen molar-refractivity contribution in [2.45, 2.75) is 0 Å². The van der Waals surface area contributed by atoms with Crippen LogP contribution in [0, 0.1) is 0 Å². The van der Waals surface area contributed by atoms with E-state index in [1.54, 1.807) is 0 Å². The van der Waals surface area contributed by atoms with Crippen LogP contribution in [-0.2, 0) is 0 Å². The number of hydrogen-bond acceptors (Lipinski definition) is 5. The Morgan fingerprint density at radius 1 is 0.304 bits per heavy atom. The van der Waals surface area contributed by atoms with E-state index in [4.69, 9.17) is 23.8 Å². The van der Waals surface area contributed by atoms with E-state index in [9.17, 15) is 0 Å². The molecule has 0 aliphatic rings. The van der Waals surface area contributed by atoms with E-state index in [-0.39, 0.29) is 0 Å². The Labute approximate surface area is 320 Å².